The van der Waals surface area contributed by atoms with Gasteiger partial charge in [0.15, 0.2) is 5.82 Å². The number of benzene rings is 1. The number of fused-ring (bicyclic) bond motifs is 1. The van der Waals surface area contributed by atoms with Crippen molar-refractivity contribution >= 4 is 28.9 Å². The Balaban J connectivity index is 1.55. The molecule has 1 atom stereocenters. The molecule has 0 unspecified atom stereocenters. The number of carbonyl (C=O) groups excluding carboxylic acids is 1. The Kier molecular flexibility index (Phi) is 5.73. The summed E-state index contributed by atoms with van der Waals surface area (Å²) in [5.74, 6) is -2.11. The Morgan fingerprint density at radius 1 is 1.26 bits per heavy atom. The summed E-state index contributed by atoms with van der Waals surface area (Å²) >= 11 is 0. The minimum absolute atomic E-state index is 0.146. The number of nitrogens with two attached hydrogens (primary N) is 1. The van der Waals surface area contributed by atoms with Gasteiger partial charge in [-0.25, -0.2) is 18.7 Å². The molecule has 0 radical (unpaired) electrons. The molecule has 14 heteroatoms. The number of alkyl halides is 3. The molecule has 0 bridgehead atoms. The lowest BCUT2D eigenvalue weighted by molar-refractivity contribution is -0.274. The van der Waals surface area contributed by atoms with Crippen molar-refractivity contribution in [3.8, 4) is 5.75 Å². The second kappa shape index (κ2) is 8.53. The van der Waals surface area contributed by atoms with E-state index in [-0.39, 0.29) is 17.9 Å². The third-order valence-corrected chi connectivity index (χ3v) is 5.06. The highest BCUT2D eigenvalue weighted by Crippen LogP contribution is 2.28. The van der Waals surface area contributed by atoms with Gasteiger partial charge in [-0.05, 0) is 42.0 Å². The van der Waals surface area contributed by atoms with E-state index in [4.69, 9.17) is 5.73 Å². The minimum atomic E-state index is -4.97. The first-order valence-electron chi connectivity index (χ1n) is 9.64. The van der Waals surface area contributed by atoms with Gasteiger partial charge in [0.25, 0.3) is 0 Å². The highest BCUT2D eigenvalue weighted by molar-refractivity contribution is 5.92. The van der Waals surface area contributed by atoms with Gasteiger partial charge in [-0.1, -0.05) is 0 Å². The number of rotatable bonds is 5. The van der Waals surface area contributed by atoms with Crippen molar-refractivity contribution < 1.29 is 37.0 Å². The van der Waals surface area contributed by atoms with Gasteiger partial charge in [0, 0.05) is 12.1 Å². The van der Waals surface area contributed by atoms with Crippen LogP contribution in [0.1, 0.15) is 11.3 Å². The van der Waals surface area contributed by atoms with Crippen LogP contribution in [0.3, 0.4) is 0 Å². The molecule has 1 aliphatic heterocycles. The third-order valence-electron chi connectivity index (χ3n) is 5.06. The van der Waals surface area contributed by atoms with Gasteiger partial charge in [0.2, 0.25) is 5.91 Å². The number of hydrogen-bond donors (Lipinski definition) is 3. The molecule has 4 N–H and O–H groups in total. The molecule has 4 rings (SSSR count). The molecular weight excluding hydrogens is 464 g/mol. The molecule has 0 saturated carbocycles. The number of nitrogens with zero attached hydrogens (tertiary/aromatic N) is 4. The fourth-order valence-corrected chi connectivity index (χ4v) is 3.55. The molecule has 2 aromatic heterocycles. The first kappa shape index (κ1) is 22.8. The zero-order valence-electron chi connectivity index (χ0n) is 17.1. The van der Waals surface area contributed by atoms with Crippen LogP contribution in [0.5, 0.6) is 5.75 Å². The van der Waals surface area contributed by atoms with Gasteiger partial charge in [0.05, 0.1) is 12.2 Å². The number of amides is 2. The number of nitrogens with one attached hydrogen (secondary N) is 1. The molecule has 1 aromatic carbocycles. The number of carbonyl (C=O) groups is 2. The Labute approximate surface area is 188 Å². The van der Waals surface area contributed by atoms with Crippen molar-refractivity contribution in [2.45, 2.75) is 18.9 Å². The van der Waals surface area contributed by atoms with Gasteiger partial charge in [0.1, 0.15) is 29.5 Å². The summed E-state index contributed by atoms with van der Waals surface area (Å²) in [5.41, 5.74) is 6.98. The lowest BCUT2D eigenvalue weighted by Gasteiger charge is -2.21. The quantitative estimate of drug-likeness (QED) is 0.478. The summed E-state index contributed by atoms with van der Waals surface area (Å²) in [5, 5.41) is 16.0. The maximum atomic E-state index is 14.0. The number of nitrogen functional groups attached to an aromatic ring is 1. The average Bonchev–Trinajstić information content (AvgIpc) is 3.38. The summed E-state index contributed by atoms with van der Waals surface area (Å²) in [7, 11) is 0. The van der Waals surface area contributed by atoms with Crippen LogP contribution in [-0.2, 0) is 11.3 Å². The van der Waals surface area contributed by atoms with Crippen molar-refractivity contribution in [1.82, 2.24) is 24.8 Å². The highest BCUT2D eigenvalue weighted by Gasteiger charge is 2.35. The Morgan fingerprint density at radius 2 is 2.03 bits per heavy atom. The fourth-order valence-electron chi connectivity index (χ4n) is 3.55. The molecule has 3 aromatic rings. The van der Waals surface area contributed by atoms with Gasteiger partial charge < -0.3 is 20.9 Å². The maximum Gasteiger partial charge on any atom is 0.573 e. The van der Waals surface area contributed by atoms with Gasteiger partial charge in [-0.15, -0.1) is 13.2 Å². The normalized spacial score (nSPS) is 15.9. The maximum absolute atomic E-state index is 14.0. The number of hydrogen-bond acceptors (Lipinski definition) is 6. The molecule has 3 heterocycles. The summed E-state index contributed by atoms with van der Waals surface area (Å²) in [4.78, 5) is 29.2. The standard InChI is InChI=1S/C20H16F4N6O4/c21-13-2-1-12(34-20(22,23)24)5-10(13)7-26-18(31)16-6-11(8-29(16)19(32)33)14-3-4-15-17(25)27-9-28-30(14)15/h1-6,9,16H,7-8H2,(H,26,31)(H,32,33)(H2,25,27,28)/t16-/m0/s1. The number of carboxylic acid groups (broad SMARTS) is 1. The predicted molar refractivity (Wildman–Crippen MR) is 109 cm³/mol. The molecule has 0 spiro atoms. The predicted octanol–water partition coefficient (Wildman–Crippen LogP) is 2.41. The van der Waals surface area contributed by atoms with Gasteiger partial charge in [-0.3, -0.25) is 9.69 Å². The van der Waals surface area contributed by atoms with Crippen LogP contribution in [0.2, 0.25) is 0 Å². The Morgan fingerprint density at radius 3 is 2.74 bits per heavy atom. The highest BCUT2D eigenvalue weighted by atomic mass is 19.4. The summed E-state index contributed by atoms with van der Waals surface area (Å²) < 4.78 is 56.5. The Bertz CT molecular complexity index is 1310. The average molecular weight is 480 g/mol. The number of anilines is 1. The smallest absolute Gasteiger partial charge is 0.465 e. The lowest BCUT2D eigenvalue weighted by atomic mass is 10.1. The van der Waals surface area contributed by atoms with E-state index in [1.54, 1.807) is 12.1 Å². The van der Waals surface area contributed by atoms with Crippen molar-refractivity contribution in [2.75, 3.05) is 12.3 Å². The van der Waals surface area contributed by atoms with Crippen LogP contribution in [0.25, 0.3) is 11.1 Å². The van der Waals surface area contributed by atoms with E-state index in [1.807, 2.05) is 0 Å². The topological polar surface area (TPSA) is 135 Å². The first-order chi connectivity index (χ1) is 16.0. The zero-order chi connectivity index (χ0) is 24.6. The van der Waals surface area contributed by atoms with E-state index in [2.05, 4.69) is 20.1 Å². The molecule has 10 nitrogen and oxygen atoms in total. The monoisotopic (exact) mass is 480 g/mol. The van der Waals surface area contributed by atoms with Crippen molar-refractivity contribution in [2.24, 2.45) is 0 Å². The van der Waals surface area contributed by atoms with Crippen LogP contribution < -0.4 is 15.8 Å². The molecule has 34 heavy (non-hydrogen) atoms. The molecule has 1 aliphatic rings. The van der Waals surface area contributed by atoms with E-state index in [1.165, 1.54) is 16.9 Å². The molecule has 0 aliphatic carbocycles. The number of aromatic nitrogens is 3. The number of halogens is 4. The minimum Gasteiger partial charge on any atom is -0.465 e. The molecule has 0 fully saturated rings. The van der Waals surface area contributed by atoms with E-state index in [9.17, 15) is 32.3 Å². The number of ether oxygens (including phenoxy) is 1. The fraction of sp³-hybridized carbons (Fsp3) is 0.200. The SMILES string of the molecule is Nc1ncnn2c(C3=C[C@@H](C(=O)NCc4cc(OC(F)(F)F)ccc4F)N(C(=O)O)C3)ccc12. The van der Waals surface area contributed by atoms with Crippen molar-refractivity contribution in [1.29, 1.82) is 0 Å². The lowest BCUT2D eigenvalue weighted by Crippen LogP contribution is -2.45. The van der Waals surface area contributed by atoms with Crippen LogP contribution in [0.15, 0.2) is 42.7 Å². The summed E-state index contributed by atoms with van der Waals surface area (Å²) in [6, 6.07) is 4.38. The van der Waals surface area contributed by atoms with Crippen molar-refractivity contribution in [3.63, 3.8) is 0 Å². The van der Waals surface area contributed by atoms with E-state index in [0.717, 1.165) is 23.1 Å². The third kappa shape index (κ3) is 4.55. The van der Waals surface area contributed by atoms with Gasteiger partial charge >= 0.3 is 12.5 Å². The first-order valence-corrected chi connectivity index (χ1v) is 9.64. The van der Waals surface area contributed by atoms with Crippen LogP contribution in [0, 0.1) is 5.82 Å². The largest absolute Gasteiger partial charge is 0.573 e. The molecule has 178 valence electrons. The second-order valence-electron chi connectivity index (χ2n) is 7.23. The van der Waals surface area contributed by atoms with Crippen LogP contribution >= 0.6 is 0 Å². The molecular formula is C20H16F4N6O4. The van der Waals surface area contributed by atoms with Gasteiger partial charge in [-0.2, -0.15) is 5.10 Å². The zero-order valence-corrected chi connectivity index (χ0v) is 17.1. The molecule has 2 amide bonds. The molecule has 0 saturated heterocycles. The summed E-state index contributed by atoms with van der Waals surface area (Å²) in [6.07, 6.45) is -3.72. The van der Waals surface area contributed by atoms with E-state index in [0.29, 0.717) is 16.8 Å². The summed E-state index contributed by atoms with van der Waals surface area (Å²) in [6.45, 7) is -0.641. The second-order valence-corrected chi connectivity index (χ2v) is 7.23. The van der Waals surface area contributed by atoms with Crippen LogP contribution in [0.4, 0.5) is 28.2 Å². The van der Waals surface area contributed by atoms with Crippen LogP contribution in [-0.4, -0.2) is 55.6 Å². The Hall–Kier alpha value is -4.36. The van der Waals surface area contributed by atoms with E-state index < -0.39 is 42.5 Å². The van der Waals surface area contributed by atoms with E-state index >= 15 is 0 Å². The van der Waals surface area contributed by atoms with Crippen molar-refractivity contribution in [3.05, 3.63) is 59.8 Å².